The third-order valence-electron chi connectivity index (χ3n) is 1.64. The zero-order chi connectivity index (χ0) is 10.7. The van der Waals surface area contributed by atoms with Gasteiger partial charge in [0.2, 0.25) is 0 Å². The van der Waals surface area contributed by atoms with E-state index in [4.69, 9.17) is 0 Å². The fourth-order valence-electron chi connectivity index (χ4n) is 1.10. The molecule has 1 unspecified atom stereocenters. The first-order valence-corrected chi connectivity index (χ1v) is 12.3. The molecule has 0 amide bonds. The third-order valence-corrected chi connectivity index (χ3v) is 4.48. The smallest absolute Gasteiger partial charge is 0.0693 e. The van der Waals surface area contributed by atoms with Crippen LogP contribution in [0.2, 0.25) is 45.3 Å². The second-order valence-electron chi connectivity index (χ2n) is 6.06. The molecule has 0 aromatic rings. The first-order valence-electron chi connectivity index (χ1n) is 4.98. The van der Waals surface area contributed by atoms with E-state index in [0.29, 0.717) is 0 Å². The molecule has 0 aliphatic carbocycles. The van der Waals surface area contributed by atoms with Crippen molar-refractivity contribution in [2.24, 2.45) is 0 Å². The molecule has 0 aromatic heterocycles. The van der Waals surface area contributed by atoms with Crippen LogP contribution in [-0.4, -0.2) is 27.4 Å². The Balaban J connectivity index is 4.02. The molecular weight excluding hydrogens is 192 g/mol. The fourth-order valence-corrected chi connectivity index (χ4v) is 3.29. The number of hydrogen-bond acceptors (Lipinski definition) is 1. The van der Waals surface area contributed by atoms with Crippen LogP contribution in [-0.2, 0) is 0 Å². The maximum atomic E-state index is 9.72. The van der Waals surface area contributed by atoms with Gasteiger partial charge in [0.25, 0.3) is 0 Å². The lowest BCUT2D eigenvalue weighted by Gasteiger charge is -2.19. The number of hydrogen-bond donors (Lipinski definition) is 1. The molecule has 1 atom stereocenters. The van der Waals surface area contributed by atoms with E-state index in [-0.39, 0.29) is 6.10 Å². The van der Waals surface area contributed by atoms with Crippen molar-refractivity contribution in [3.05, 3.63) is 11.8 Å². The summed E-state index contributed by atoms with van der Waals surface area (Å²) < 4.78 is 0. The van der Waals surface area contributed by atoms with Crippen LogP contribution in [0.3, 0.4) is 0 Å². The maximum absolute atomic E-state index is 9.72. The van der Waals surface area contributed by atoms with E-state index in [1.165, 1.54) is 0 Å². The van der Waals surface area contributed by atoms with Crippen LogP contribution in [0.5, 0.6) is 0 Å². The topological polar surface area (TPSA) is 20.2 Å². The van der Waals surface area contributed by atoms with Crippen LogP contribution in [0.1, 0.15) is 0 Å². The van der Waals surface area contributed by atoms with Gasteiger partial charge in [-0.25, -0.2) is 0 Å². The minimum absolute atomic E-state index is 0.210. The van der Waals surface area contributed by atoms with E-state index in [0.717, 1.165) is 6.04 Å². The number of rotatable bonds is 4. The van der Waals surface area contributed by atoms with Crippen LogP contribution < -0.4 is 0 Å². The maximum Gasteiger partial charge on any atom is 0.0693 e. The molecule has 13 heavy (non-hydrogen) atoms. The Kier molecular flexibility index (Phi) is 4.62. The Hall–Kier alpha value is 0.134. The summed E-state index contributed by atoms with van der Waals surface area (Å²) in [5, 5.41) is 9.72. The highest BCUT2D eigenvalue weighted by Crippen LogP contribution is 2.13. The van der Waals surface area contributed by atoms with Crippen LogP contribution in [0.25, 0.3) is 0 Å². The van der Waals surface area contributed by atoms with Crippen molar-refractivity contribution in [1.82, 2.24) is 0 Å². The minimum Gasteiger partial charge on any atom is -0.389 e. The first kappa shape index (κ1) is 13.1. The summed E-state index contributed by atoms with van der Waals surface area (Å²) in [5.41, 5.74) is 2.23. The molecule has 0 bridgehead atoms. The first-order chi connectivity index (χ1) is 5.60. The van der Waals surface area contributed by atoms with Gasteiger partial charge in [0, 0.05) is 8.07 Å². The number of aliphatic hydroxyl groups excluding tert-OH is 1. The molecule has 1 nitrogen and oxygen atoms in total. The summed E-state index contributed by atoms with van der Waals surface area (Å²) in [6.45, 7) is 13.7. The highest BCUT2D eigenvalue weighted by Gasteiger charge is 2.17. The summed E-state index contributed by atoms with van der Waals surface area (Å²) in [4.78, 5) is 0. The van der Waals surface area contributed by atoms with Gasteiger partial charge in [-0.05, 0) is 6.04 Å². The van der Waals surface area contributed by atoms with Crippen LogP contribution >= 0.6 is 0 Å². The van der Waals surface area contributed by atoms with E-state index < -0.39 is 16.1 Å². The SMILES string of the molecule is C[Si](C)(C)C=CC(O)C[Si](C)(C)C. The molecule has 0 aliphatic heterocycles. The van der Waals surface area contributed by atoms with Gasteiger partial charge in [-0.2, -0.15) is 0 Å². The van der Waals surface area contributed by atoms with Gasteiger partial charge in [0.15, 0.2) is 0 Å². The van der Waals surface area contributed by atoms with Gasteiger partial charge in [-0.1, -0.05) is 51.1 Å². The second-order valence-corrected chi connectivity index (χ2v) is 16.7. The summed E-state index contributed by atoms with van der Waals surface area (Å²) in [7, 11) is -2.22. The Bertz CT molecular complexity index is 174. The van der Waals surface area contributed by atoms with E-state index in [1.807, 2.05) is 6.08 Å². The van der Waals surface area contributed by atoms with E-state index in [2.05, 4.69) is 45.0 Å². The Morgan fingerprint density at radius 1 is 1.08 bits per heavy atom. The molecule has 0 saturated carbocycles. The van der Waals surface area contributed by atoms with Gasteiger partial charge >= 0.3 is 0 Å². The van der Waals surface area contributed by atoms with Crippen molar-refractivity contribution >= 4 is 16.1 Å². The van der Waals surface area contributed by atoms with Gasteiger partial charge in [0.1, 0.15) is 0 Å². The van der Waals surface area contributed by atoms with Crippen molar-refractivity contribution in [3.8, 4) is 0 Å². The molecular formula is C10H24OSi2. The average Bonchev–Trinajstić information content (AvgIpc) is 1.78. The summed E-state index contributed by atoms with van der Waals surface area (Å²) >= 11 is 0. The lowest BCUT2D eigenvalue weighted by molar-refractivity contribution is 0.242. The van der Waals surface area contributed by atoms with Crippen molar-refractivity contribution in [3.63, 3.8) is 0 Å². The summed E-state index contributed by atoms with van der Waals surface area (Å²) in [6, 6.07) is 0.980. The van der Waals surface area contributed by atoms with Crippen molar-refractivity contribution in [1.29, 1.82) is 0 Å². The zero-order valence-electron chi connectivity index (χ0n) is 9.89. The average molecular weight is 216 g/mol. The van der Waals surface area contributed by atoms with Gasteiger partial charge in [-0.15, -0.1) is 0 Å². The second kappa shape index (κ2) is 4.57. The van der Waals surface area contributed by atoms with Gasteiger partial charge in [-0.3, -0.25) is 0 Å². The molecule has 78 valence electrons. The molecule has 0 fully saturated rings. The predicted molar refractivity (Wildman–Crippen MR) is 66.6 cm³/mol. The summed E-state index contributed by atoms with van der Waals surface area (Å²) in [6.07, 6.45) is 1.79. The standard InChI is InChI=1S/C10H24OSi2/c1-12(2,3)8-7-10(11)9-13(4,5)6/h7-8,10-11H,9H2,1-6H3. The summed E-state index contributed by atoms with van der Waals surface area (Å²) in [5.74, 6) is 0. The molecule has 0 spiro atoms. The van der Waals surface area contributed by atoms with Crippen LogP contribution in [0.15, 0.2) is 11.8 Å². The van der Waals surface area contributed by atoms with Gasteiger partial charge in [0.05, 0.1) is 14.2 Å². The number of aliphatic hydroxyl groups is 1. The molecule has 1 N–H and O–H groups in total. The Morgan fingerprint density at radius 2 is 1.54 bits per heavy atom. The molecule has 3 heteroatoms. The molecule has 0 radical (unpaired) electrons. The van der Waals surface area contributed by atoms with Gasteiger partial charge < -0.3 is 5.11 Å². The molecule has 0 aliphatic rings. The predicted octanol–water partition coefficient (Wildman–Crippen LogP) is 3.12. The Labute approximate surface area is 84.9 Å². The highest BCUT2D eigenvalue weighted by molar-refractivity contribution is 6.81. The van der Waals surface area contributed by atoms with Crippen LogP contribution in [0.4, 0.5) is 0 Å². The van der Waals surface area contributed by atoms with Crippen molar-refractivity contribution in [2.45, 2.75) is 51.4 Å². The molecule has 0 aromatic carbocycles. The largest absolute Gasteiger partial charge is 0.389 e. The van der Waals surface area contributed by atoms with Crippen LogP contribution in [0, 0.1) is 0 Å². The minimum atomic E-state index is -1.12. The molecule has 0 saturated heterocycles. The van der Waals surface area contributed by atoms with E-state index in [1.54, 1.807) is 0 Å². The lowest BCUT2D eigenvalue weighted by atomic mass is 10.4. The third kappa shape index (κ3) is 10.1. The van der Waals surface area contributed by atoms with E-state index >= 15 is 0 Å². The van der Waals surface area contributed by atoms with E-state index in [9.17, 15) is 5.11 Å². The molecule has 0 heterocycles. The Morgan fingerprint density at radius 3 is 1.85 bits per heavy atom. The molecule has 0 rings (SSSR count). The highest BCUT2D eigenvalue weighted by atomic mass is 28.3. The van der Waals surface area contributed by atoms with Crippen molar-refractivity contribution < 1.29 is 5.11 Å². The zero-order valence-corrected chi connectivity index (χ0v) is 11.9. The quantitative estimate of drug-likeness (QED) is 0.716. The fraction of sp³-hybridized carbons (Fsp3) is 0.800. The van der Waals surface area contributed by atoms with Crippen molar-refractivity contribution in [2.75, 3.05) is 0 Å². The normalized spacial score (nSPS) is 16.5. The lowest BCUT2D eigenvalue weighted by Crippen LogP contribution is -2.26. The monoisotopic (exact) mass is 216 g/mol.